The van der Waals surface area contributed by atoms with Gasteiger partial charge in [-0.15, -0.1) is 0 Å². The molecule has 1 heterocycles. The second kappa shape index (κ2) is 2.63. The van der Waals surface area contributed by atoms with Crippen molar-refractivity contribution in [3.05, 3.63) is 40.9 Å². The van der Waals surface area contributed by atoms with Crippen molar-refractivity contribution in [1.29, 1.82) is 0 Å². The molecule has 0 atom stereocenters. The van der Waals surface area contributed by atoms with Crippen molar-refractivity contribution in [2.75, 3.05) is 5.73 Å². The van der Waals surface area contributed by atoms with Crippen LogP contribution in [0.1, 0.15) is 0 Å². The molecule has 0 spiro atoms. The molecule has 4 nitrogen and oxygen atoms in total. The fourth-order valence-electron chi connectivity index (χ4n) is 1.81. The van der Waals surface area contributed by atoms with Gasteiger partial charge in [0, 0.05) is 22.5 Å². The quantitative estimate of drug-likeness (QED) is 0.544. The predicted molar refractivity (Wildman–Crippen MR) is 58.8 cm³/mol. The van der Waals surface area contributed by atoms with Gasteiger partial charge in [0.25, 0.3) is 0 Å². The van der Waals surface area contributed by atoms with E-state index in [1.165, 1.54) is 0 Å². The molecule has 74 valence electrons. The van der Waals surface area contributed by atoms with Gasteiger partial charge in [0.15, 0.2) is 5.58 Å². The molecule has 0 bridgehead atoms. The van der Waals surface area contributed by atoms with Crippen molar-refractivity contribution in [2.45, 2.75) is 0 Å². The standard InChI is InChI=1S/C11H8N2O2/c12-8-5-9-10(13-11(14)15-9)7-4-2-1-3-6(7)8/h1-5H,12H2,(H,13,14). The minimum atomic E-state index is -0.458. The Bertz CT molecular complexity index is 709. The van der Waals surface area contributed by atoms with Gasteiger partial charge in [-0.2, -0.15) is 0 Å². The van der Waals surface area contributed by atoms with Crippen LogP contribution in [-0.2, 0) is 0 Å². The third kappa shape index (κ3) is 1.05. The molecule has 0 saturated heterocycles. The van der Waals surface area contributed by atoms with Crippen LogP contribution in [0, 0.1) is 0 Å². The van der Waals surface area contributed by atoms with E-state index in [2.05, 4.69) is 4.98 Å². The van der Waals surface area contributed by atoms with Crippen LogP contribution in [0.3, 0.4) is 0 Å². The summed E-state index contributed by atoms with van der Waals surface area (Å²) in [6.07, 6.45) is 0. The fourth-order valence-corrected chi connectivity index (χ4v) is 1.81. The maximum Gasteiger partial charge on any atom is 0.417 e. The molecule has 4 heteroatoms. The van der Waals surface area contributed by atoms with Gasteiger partial charge in [0.1, 0.15) is 0 Å². The molecule has 3 rings (SSSR count). The second-order valence-electron chi connectivity index (χ2n) is 3.40. The Balaban J connectivity index is 2.68. The normalized spacial score (nSPS) is 11.2. The average Bonchev–Trinajstić information content (AvgIpc) is 2.59. The molecule has 0 aliphatic carbocycles. The van der Waals surface area contributed by atoms with Crippen LogP contribution in [0.5, 0.6) is 0 Å². The van der Waals surface area contributed by atoms with Crippen molar-refractivity contribution in [2.24, 2.45) is 0 Å². The number of nitrogens with two attached hydrogens (primary N) is 1. The first-order valence-corrected chi connectivity index (χ1v) is 4.56. The van der Waals surface area contributed by atoms with Crippen LogP contribution in [0.4, 0.5) is 5.69 Å². The first-order valence-electron chi connectivity index (χ1n) is 4.56. The van der Waals surface area contributed by atoms with Gasteiger partial charge in [0.05, 0.1) is 5.52 Å². The van der Waals surface area contributed by atoms with Crippen molar-refractivity contribution in [3.8, 4) is 0 Å². The van der Waals surface area contributed by atoms with E-state index in [1.54, 1.807) is 6.07 Å². The van der Waals surface area contributed by atoms with Gasteiger partial charge in [-0.05, 0) is 0 Å². The molecule has 0 saturated carbocycles. The van der Waals surface area contributed by atoms with E-state index in [0.29, 0.717) is 16.8 Å². The number of H-pyrrole nitrogens is 1. The number of anilines is 1. The summed E-state index contributed by atoms with van der Waals surface area (Å²) in [7, 11) is 0. The Labute approximate surface area is 84.3 Å². The van der Waals surface area contributed by atoms with Crippen molar-refractivity contribution in [3.63, 3.8) is 0 Å². The second-order valence-corrected chi connectivity index (χ2v) is 3.40. The summed E-state index contributed by atoms with van der Waals surface area (Å²) in [6.45, 7) is 0. The van der Waals surface area contributed by atoms with Crippen LogP contribution >= 0.6 is 0 Å². The number of rotatable bonds is 0. The van der Waals surface area contributed by atoms with E-state index in [0.717, 1.165) is 10.8 Å². The van der Waals surface area contributed by atoms with E-state index in [-0.39, 0.29) is 0 Å². The van der Waals surface area contributed by atoms with Crippen LogP contribution in [0.15, 0.2) is 39.5 Å². The van der Waals surface area contributed by atoms with Crippen molar-refractivity contribution in [1.82, 2.24) is 4.98 Å². The van der Waals surface area contributed by atoms with Gasteiger partial charge < -0.3 is 10.2 Å². The lowest BCUT2D eigenvalue weighted by molar-refractivity contribution is 0.555. The number of fused-ring (bicyclic) bond motifs is 3. The minimum absolute atomic E-state index is 0.458. The predicted octanol–water partition coefficient (Wildman–Crippen LogP) is 1.86. The SMILES string of the molecule is Nc1cc2oc(=O)[nH]c2c2ccccc12. The Hall–Kier alpha value is -2.23. The summed E-state index contributed by atoms with van der Waals surface area (Å²) in [6, 6.07) is 9.28. The summed E-state index contributed by atoms with van der Waals surface area (Å²) < 4.78 is 4.97. The number of aromatic amines is 1. The first kappa shape index (κ1) is 8.11. The summed E-state index contributed by atoms with van der Waals surface area (Å²) in [5, 5.41) is 1.82. The molecule has 3 aromatic rings. The topological polar surface area (TPSA) is 72.0 Å². The zero-order chi connectivity index (χ0) is 10.4. The van der Waals surface area contributed by atoms with Crippen LogP contribution in [-0.4, -0.2) is 4.98 Å². The maximum atomic E-state index is 11.1. The third-order valence-electron chi connectivity index (χ3n) is 2.47. The number of hydrogen-bond acceptors (Lipinski definition) is 3. The van der Waals surface area contributed by atoms with Gasteiger partial charge in [-0.3, -0.25) is 4.98 Å². The van der Waals surface area contributed by atoms with E-state index in [1.807, 2.05) is 24.3 Å². The molecule has 0 amide bonds. The van der Waals surface area contributed by atoms with Crippen LogP contribution in [0.2, 0.25) is 0 Å². The highest BCUT2D eigenvalue weighted by Gasteiger charge is 2.07. The summed E-state index contributed by atoms with van der Waals surface area (Å²) >= 11 is 0. The number of aromatic nitrogens is 1. The number of oxazole rings is 1. The molecular formula is C11H8N2O2. The molecule has 3 N–H and O–H groups in total. The van der Waals surface area contributed by atoms with Crippen molar-refractivity contribution < 1.29 is 4.42 Å². The number of hydrogen-bond donors (Lipinski definition) is 2. The van der Waals surface area contributed by atoms with Crippen molar-refractivity contribution >= 4 is 27.6 Å². The van der Waals surface area contributed by atoms with Gasteiger partial charge in [0.2, 0.25) is 0 Å². The lowest BCUT2D eigenvalue weighted by atomic mass is 10.1. The smallest absolute Gasteiger partial charge is 0.408 e. The first-order chi connectivity index (χ1) is 7.25. The van der Waals surface area contributed by atoms with Crippen LogP contribution in [0.25, 0.3) is 21.9 Å². The Morgan fingerprint density at radius 3 is 2.73 bits per heavy atom. The van der Waals surface area contributed by atoms with E-state index >= 15 is 0 Å². The fraction of sp³-hybridized carbons (Fsp3) is 0. The highest BCUT2D eigenvalue weighted by atomic mass is 16.4. The molecule has 0 radical (unpaired) electrons. The van der Waals surface area contributed by atoms with Crippen LogP contribution < -0.4 is 11.5 Å². The molecule has 0 aliphatic rings. The molecule has 15 heavy (non-hydrogen) atoms. The van der Waals surface area contributed by atoms with E-state index in [9.17, 15) is 4.79 Å². The molecule has 0 fully saturated rings. The Morgan fingerprint density at radius 1 is 1.20 bits per heavy atom. The maximum absolute atomic E-state index is 11.1. The van der Waals surface area contributed by atoms with E-state index in [4.69, 9.17) is 10.2 Å². The molecule has 0 aliphatic heterocycles. The third-order valence-corrected chi connectivity index (χ3v) is 2.47. The summed E-state index contributed by atoms with van der Waals surface area (Å²) in [5.74, 6) is -0.458. The van der Waals surface area contributed by atoms with Gasteiger partial charge in [-0.1, -0.05) is 24.3 Å². The highest BCUT2D eigenvalue weighted by Crippen LogP contribution is 2.27. The summed E-state index contributed by atoms with van der Waals surface area (Å²) in [4.78, 5) is 13.7. The Morgan fingerprint density at radius 2 is 1.93 bits per heavy atom. The highest BCUT2D eigenvalue weighted by molar-refractivity contribution is 6.08. The zero-order valence-corrected chi connectivity index (χ0v) is 7.78. The number of benzene rings is 2. The largest absolute Gasteiger partial charge is 0.417 e. The van der Waals surface area contributed by atoms with Gasteiger partial charge in [-0.25, -0.2) is 4.79 Å². The van der Waals surface area contributed by atoms with Gasteiger partial charge >= 0.3 is 5.76 Å². The van der Waals surface area contributed by atoms with E-state index < -0.39 is 5.76 Å². The lowest BCUT2D eigenvalue weighted by Gasteiger charge is -2.01. The molecule has 0 unspecified atom stereocenters. The molecular weight excluding hydrogens is 192 g/mol. The number of nitrogen functional groups attached to an aromatic ring is 1. The minimum Gasteiger partial charge on any atom is -0.408 e. The lowest BCUT2D eigenvalue weighted by Crippen LogP contribution is -1.93. The molecule has 2 aromatic carbocycles. The average molecular weight is 200 g/mol. The zero-order valence-electron chi connectivity index (χ0n) is 7.78. The molecule has 1 aromatic heterocycles. The summed E-state index contributed by atoms with van der Waals surface area (Å²) in [5.41, 5.74) is 7.66. The monoisotopic (exact) mass is 200 g/mol. The Kier molecular flexibility index (Phi) is 1.42. The number of nitrogens with one attached hydrogen (secondary N) is 1.